The average Bonchev–Trinajstić information content (AvgIpc) is 3.31. The molecule has 1 aliphatic rings. The lowest BCUT2D eigenvalue weighted by molar-refractivity contribution is -0.118. The highest BCUT2D eigenvalue weighted by Gasteiger charge is 2.45. The van der Waals surface area contributed by atoms with E-state index in [0.717, 1.165) is 33.2 Å². The van der Waals surface area contributed by atoms with Crippen LogP contribution in [0.4, 0.5) is 5.69 Å². The minimum absolute atomic E-state index is 0.168. The second kappa shape index (κ2) is 8.91. The number of hydrogen-bond donors (Lipinski definition) is 1. The summed E-state index contributed by atoms with van der Waals surface area (Å²) in [4.78, 5) is 28.7. The van der Waals surface area contributed by atoms with E-state index in [4.69, 9.17) is 0 Å². The zero-order chi connectivity index (χ0) is 24.7. The van der Waals surface area contributed by atoms with Crippen LogP contribution in [0, 0.1) is 13.8 Å². The summed E-state index contributed by atoms with van der Waals surface area (Å²) in [5.41, 5.74) is 5.71. The van der Waals surface area contributed by atoms with Gasteiger partial charge in [-0.25, -0.2) is 0 Å². The van der Waals surface area contributed by atoms with Gasteiger partial charge < -0.3 is 9.67 Å². The molecule has 0 saturated heterocycles. The summed E-state index contributed by atoms with van der Waals surface area (Å²) in [7, 11) is 1.95. The highest BCUT2D eigenvalue weighted by Crippen LogP contribution is 2.44. The van der Waals surface area contributed by atoms with Gasteiger partial charge in [0, 0.05) is 41.8 Å². The molecule has 1 atom stereocenters. The normalized spacial score (nSPS) is 15.9. The number of hydrogen-bond acceptors (Lipinski definition) is 3. The quantitative estimate of drug-likeness (QED) is 0.387. The van der Waals surface area contributed by atoms with Gasteiger partial charge in [0.05, 0.1) is 11.6 Å². The lowest BCUT2D eigenvalue weighted by Crippen LogP contribution is -2.31. The van der Waals surface area contributed by atoms with Crippen LogP contribution >= 0.6 is 0 Å². The number of benzene rings is 3. The Morgan fingerprint density at radius 3 is 2.31 bits per heavy atom. The summed E-state index contributed by atoms with van der Waals surface area (Å²) >= 11 is 0. The van der Waals surface area contributed by atoms with Crippen LogP contribution in [-0.4, -0.2) is 21.4 Å². The van der Waals surface area contributed by atoms with Crippen LogP contribution in [0.1, 0.15) is 34.7 Å². The van der Waals surface area contributed by atoms with Crippen molar-refractivity contribution in [3.05, 3.63) is 113 Å². The smallest absolute Gasteiger partial charge is 0.294 e. The van der Waals surface area contributed by atoms with Crippen LogP contribution < -0.4 is 4.90 Å². The van der Waals surface area contributed by atoms with Crippen molar-refractivity contribution in [2.75, 3.05) is 4.90 Å². The molecule has 35 heavy (non-hydrogen) atoms. The van der Waals surface area contributed by atoms with E-state index in [0.29, 0.717) is 12.1 Å². The number of amides is 1. The number of Topliss-reactive ketones (excluding diaryl/α,β-unsaturated/α-hetero) is 1. The maximum Gasteiger partial charge on any atom is 0.294 e. The van der Waals surface area contributed by atoms with Gasteiger partial charge in [-0.1, -0.05) is 54.6 Å². The molecule has 0 bridgehead atoms. The molecule has 4 aromatic rings. The van der Waals surface area contributed by atoms with Crippen molar-refractivity contribution in [1.82, 2.24) is 4.57 Å². The molecule has 5 nitrogen and oxygen atoms in total. The van der Waals surface area contributed by atoms with Crippen molar-refractivity contribution in [3.8, 4) is 0 Å². The van der Waals surface area contributed by atoms with Crippen molar-refractivity contribution >= 4 is 28.3 Å². The number of carbonyl (C=O) groups excluding carboxylic acids is 2. The molecule has 0 aliphatic carbocycles. The van der Waals surface area contributed by atoms with Crippen LogP contribution in [0.5, 0.6) is 0 Å². The van der Waals surface area contributed by atoms with Gasteiger partial charge in [-0.2, -0.15) is 0 Å². The lowest BCUT2D eigenvalue weighted by Gasteiger charge is -2.27. The van der Waals surface area contributed by atoms with E-state index in [1.54, 1.807) is 4.90 Å². The Morgan fingerprint density at radius 2 is 1.60 bits per heavy atom. The van der Waals surface area contributed by atoms with E-state index >= 15 is 0 Å². The number of anilines is 1. The fraction of sp³-hybridized carbons (Fsp3) is 0.200. The Labute approximate surface area is 204 Å². The van der Waals surface area contributed by atoms with Gasteiger partial charge in [0.2, 0.25) is 0 Å². The number of aryl methyl sites for hydroxylation is 4. The molecule has 2 heterocycles. The van der Waals surface area contributed by atoms with E-state index in [1.165, 1.54) is 0 Å². The number of aliphatic hydroxyl groups is 1. The van der Waals surface area contributed by atoms with Crippen molar-refractivity contribution in [2.45, 2.75) is 32.7 Å². The number of fused-ring (bicyclic) bond motifs is 1. The van der Waals surface area contributed by atoms with Gasteiger partial charge in [0.25, 0.3) is 5.91 Å². The molecule has 1 aliphatic heterocycles. The number of aromatic nitrogens is 1. The van der Waals surface area contributed by atoms with E-state index in [-0.39, 0.29) is 17.8 Å². The maximum atomic E-state index is 13.6. The Balaban J connectivity index is 1.64. The molecule has 5 heteroatoms. The second-order valence-corrected chi connectivity index (χ2v) is 9.31. The Bertz CT molecular complexity index is 1460. The first-order valence-corrected chi connectivity index (χ1v) is 11.8. The van der Waals surface area contributed by atoms with E-state index in [9.17, 15) is 14.7 Å². The van der Waals surface area contributed by atoms with Crippen molar-refractivity contribution in [1.29, 1.82) is 0 Å². The first-order chi connectivity index (χ1) is 16.8. The summed E-state index contributed by atoms with van der Waals surface area (Å²) in [6, 6.07) is 22.9. The van der Waals surface area contributed by atoms with Crippen LogP contribution in [0.15, 0.2) is 90.3 Å². The Hall–Kier alpha value is -4.12. The van der Waals surface area contributed by atoms with Crippen molar-refractivity contribution in [2.24, 2.45) is 7.05 Å². The third kappa shape index (κ3) is 4.03. The molecule has 1 aromatic heterocycles. The zero-order valence-corrected chi connectivity index (χ0v) is 20.2. The monoisotopic (exact) mass is 464 g/mol. The molecule has 1 unspecified atom stereocenters. The molecule has 5 rings (SSSR count). The number of rotatable bonds is 6. The van der Waals surface area contributed by atoms with Crippen LogP contribution in [0.25, 0.3) is 10.9 Å². The second-order valence-electron chi connectivity index (χ2n) is 9.31. The number of ketones is 1. The summed E-state index contributed by atoms with van der Waals surface area (Å²) in [6.45, 7) is 3.95. The number of aliphatic hydroxyl groups excluding tert-OH is 1. The number of para-hydroxylation sites is 1. The molecule has 0 spiro atoms. The van der Waals surface area contributed by atoms with Gasteiger partial charge in [0.1, 0.15) is 0 Å². The van der Waals surface area contributed by atoms with E-state index in [2.05, 4.69) is 0 Å². The minimum Gasteiger partial charge on any atom is -0.503 e. The van der Waals surface area contributed by atoms with Crippen LogP contribution in [0.2, 0.25) is 0 Å². The summed E-state index contributed by atoms with van der Waals surface area (Å²) in [5, 5.41) is 12.0. The molecule has 3 aromatic carbocycles. The third-order valence-corrected chi connectivity index (χ3v) is 6.70. The van der Waals surface area contributed by atoms with E-state index < -0.39 is 17.7 Å². The lowest BCUT2D eigenvalue weighted by atomic mass is 9.92. The predicted octanol–water partition coefficient (Wildman–Crippen LogP) is 5.90. The SMILES string of the molecule is Cc1cc(C)cc(N2C(=O)C(O)=C(C(=O)CCc3ccccc3)C2c2cn(C)c3ccccc23)c1. The van der Waals surface area contributed by atoms with Gasteiger partial charge in [-0.3, -0.25) is 14.5 Å². The highest BCUT2D eigenvalue weighted by atomic mass is 16.3. The fourth-order valence-electron chi connectivity index (χ4n) is 5.17. The van der Waals surface area contributed by atoms with E-state index in [1.807, 2.05) is 104 Å². The summed E-state index contributed by atoms with van der Waals surface area (Å²) < 4.78 is 2.00. The molecule has 1 N–H and O–H groups in total. The Morgan fingerprint density at radius 1 is 0.943 bits per heavy atom. The van der Waals surface area contributed by atoms with Crippen molar-refractivity contribution in [3.63, 3.8) is 0 Å². The molecular formula is C30H28N2O3. The first kappa shape index (κ1) is 22.7. The standard InChI is InChI=1S/C30H28N2O3/c1-19-15-20(2)17-22(16-19)32-28(24-18-31(3)25-12-8-7-11-23(24)25)27(29(34)30(32)35)26(33)14-13-21-9-5-4-6-10-21/h4-12,15-18,28,34H,13-14H2,1-3H3. The molecule has 0 saturated carbocycles. The van der Waals surface area contributed by atoms with Gasteiger partial charge >= 0.3 is 0 Å². The van der Waals surface area contributed by atoms with Crippen LogP contribution in [0.3, 0.4) is 0 Å². The maximum absolute atomic E-state index is 13.6. The largest absolute Gasteiger partial charge is 0.503 e. The number of nitrogens with zero attached hydrogens (tertiary/aromatic N) is 2. The van der Waals surface area contributed by atoms with Gasteiger partial charge in [0.15, 0.2) is 11.5 Å². The Kier molecular flexibility index (Phi) is 5.77. The van der Waals surface area contributed by atoms with Crippen molar-refractivity contribution < 1.29 is 14.7 Å². The molecule has 0 radical (unpaired) electrons. The predicted molar refractivity (Wildman–Crippen MR) is 138 cm³/mol. The minimum atomic E-state index is -0.710. The molecular weight excluding hydrogens is 436 g/mol. The van der Waals surface area contributed by atoms with Gasteiger partial charge in [-0.15, -0.1) is 0 Å². The molecule has 1 amide bonds. The topological polar surface area (TPSA) is 62.5 Å². The fourth-order valence-corrected chi connectivity index (χ4v) is 5.17. The third-order valence-electron chi connectivity index (χ3n) is 6.70. The van der Waals surface area contributed by atoms with Gasteiger partial charge in [-0.05, 0) is 55.2 Å². The molecule has 0 fully saturated rings. The highest BCUT2D eigenvalue weighted by molar-refractivity contribution is 6.17. The average molecular weight is 465 g/mol. The first-order valence-electron chi connectivity index (χ1n) is 11.8. The molecule has 176 valence electrons. The number of carbonyl (C=O) groups is 2. The summed E-state index contributed by atoms with van der Waals surface area (Å²) in [6.07, 6.45) is 2.70. The summed E-state index contributed by atoms with van der Waals surface area (Å²) in [5.74, 6) is -1.22. The zero-order valence-electron chi connectivity index (χ0n) is 20.2. The van der Waals surface area contributed by atoms with Crippen LogP contribution in [-0.2, 0) is 23.1 Å².